The molecular formula is C17H20N2O4S. The SMILES string of the molecule is COc1cccc(N(CCC(=O)Nc2ccccc2)S(C)(=O)=O)c1. The molecule has 0 aliphatic rings. The summed E-state index contributed by atoms with van der Waals surface area (Å²) in [6.07, 6.45) is 1.15. The summed E-state index contributed by atoms with van der Waals surface area (Å²) in [7, 11) is -2.00. The summed E-state index contributed by atoms with van der Waals surface area (Å²) < 4.78 is 30.4. The normalized spacial score (nSPS) is 10.9. The number of methoxy groups -OCH3 is 1. The van der Waals surface area contributed by atoms with E-state index in [-0.39, 0.29) is 18.9 Å². The van der Waals surface area contributed by atoms with Gasteiger partial charge in [0.25, 0.3) is 0 Å². The van der Waals surface area contributed by atoms with Crippen molar-refractivity contribution in [3.8, 4) is 5.75 Å². The van der Waals surface area contributed by atoms with Crippen LogP contribution in [0.2, 0.25) is 0 Å². The Kier molecular flexibility index (Phi) is 5.81. The molecule has 0 atom stereocenters. The summed E-state index contributed by atoms with van der Waals surface area (Å²) in [5.74, 6) is 0.299. The van der Waals surface area contributed by atoms with Gasteiger partial charge in [0.05, 0.1) is 19.1 Å². The lowest BCUT2D eigenvalue weighted by Crippen LogP contribution is -2.33. The number of nitrogens with zero attached hydrogens (tertiary/aromatic N) is 1. The summed E-state index contributed by atoms with van der Waals surface area (Å²) in [6, 6.07) is 15.7. The molecule has 2 aromatic carbocycles. The molecule has 0 aliphatic heterocycles. The zero-order valence-electron chi connectivity index (χ0n) is 13.6. The minimum absolute atomic E-state index is 0.0408. The number of carbonyl (C=O) groups is 1. The predicted octanol–water partition coefficient (Wildman–Crippen LogP) is 2.49. The van der Waals surface area contributed by atoms with Gasteiger partial charge in [-0.1, -0.05) is 24.3 Å². The highest BCUT2D eigenvalue weighted by atomic mass is 32.2. The second-order valence-electron chi connectivity index (χ2n) is 5.20. The third kappa shape index (κ3) is 4.99. The molecule has 128 valence electrons. The maximum Gasteiger partial charge on any atom is 0.232 e. The van der Waals surface area contributed by atoms with Crippen molar-refractivity contribution in [1.82, 2.24) is 0 Å². The van der Waals surface area contributed by atoms with Crippen LogP contribution in [0, 0.1) is 0 Å². The number of nitrogens with one attached hydrogen (secondary N) is 1. The number of hydrogen-bond acceptors (Lipinski definition) is 4. The third-order valence-corrected chi connectivity index (χ3v) is 4.54. The number of hydrogen-bond donors (Lipinski definition) is 1. The number of rotatable bonds is 7. The molecule has 2 rings (SSSR count). The number of anilines is 2. The van der Waals surface area contributed by atoms with Gasteiger partial charge in [0.15, 0.2) is 0 Å². The first-order valence-corrected chi connectivity index (χ1v) is 9.21. The third-order valence-electron chi connectivity index (χ3n) is 3.34. The smallest absolute Gasteiger partial charge is 0.232 e. The molecule has 0 bridgehead atoms. The molecule has 0 unspecified atom stereocenters. The molecule has 0 radical (unpaired) electrons. The Hall–Kier alpha value is -2.54. The molecule has 2 aromatic rings. The second-order valence-corrected chi connectivity index (χ2v) is 7.11. The first-order chi connectivity index (χ1) is 11.4. The second kappa shape index (κ2) is 7.83. The van der Waals surface area contributed by atoms with Crippen molar-refractivity contribution < 1.29 is 17.9 Å². The van der Waals surface area contributed by atoms with E-state index in [9.17, 15) is 13.2 Å². The molecule has 6 nitrogen and oxygen atoms in total. The molecule has 0 aliphatic carbocycles. The van der Waals surface area contributed by atoms with Crippen molar-refractivity contribution in [2.45, 2.75) is 6.42 Å². The van der Waals surface area contributed by atoms with Gasteiger partial charge in [0.2, 0.25) is 15.9 Å². The summed E-state index contributed by atoms with van der Waals surface area (Å²) >= 11 is 0. The van der Waals surface area contributed by atoms with Gasteiger partial charge in [0.1, 0.15) is 5.75 Å². The van der Waals surface area contributed by atoms with Crippen molar-refractivity contribution in [1.29, 1.82) is 0 Å². The highest BCUT2D eigenvalue weighted by Gasteiger charge is 2.19. The van der Waals surface area contributed by atoms with Crippen molar-refractivity contribution in [3.63, 3.8) is 0 Å². The zero-order chi connectivity index (χ0) is 17.6. The first kappa shape index (κ1) is 17.8. The van der Waals surface area contributed by atoms with E-state index in [1.165, 1.54) is 11.4 Å². The number of para-hydroxylation sites is 1. The van der Waals surface area contributed by atoms with E-state index in [1.807, 2.05) is 18.2 Å². The highest BCUT2D eigenvalue weighted by Crippen LogP contribution is 2.23. The Bertz CT molecular complexity index is 791. The first-order valence-electron chi connectivity index (χ1n) is 7.37. The molecule has 1 N–H and O–H groups in total. The number of benzene rings is 2. The summed E-state index contributed by atoms with van der Waals surface area (Å²) in [4.78, 5) is 12.0. The van der Waals surface area contributed by atoms with Crippen LogP contribution in [-0.2, 0) is 14.8 Å². The van der Waals surface area contributed by atoms with Crippen molar-refractivity contribution in [3.05, 3.63) is 54.6 Å². The Morgan fingerprint density at radius 3 is 2.46 bits per heavy atom. The van der Waals surface area contributed by atoms with Crippen LogP contribution in [0.4, 0.5) is 11.4 Å². The summed E-state index contributed by atoms with van der Waals surface area (Å²) in [5, 5.41) is 2.74. The molecule has 24 heavy (non-hydrogen) atoms. The van der Waals surface area contributed by atoms with E-state index in [2.05, 4.69) is 5.32 Å². The van der Waals surface area contributed by atoms with Crippen molar-refractivity contribution in [2.24, 2.45) is 0 Å². The minimum atomic E-state index is -3.51. The highest BCUT2D eigenvalue weighted by molar-refractivity contribution is 7.92. The van der Waals surface area contributed by atoms with Crippen LogP contribution in [0.5, 0.6) is 5.75 Å². The maximum absolute atomic E-state index is 12.1. The standard InChI is InChI=1S/C17H20N2O4S/c1-23-16-10-6-9-15(13-16)19(24(2,21)22)12-11-17(20)18-14-7-4-3-5-8-14/h3-10,13H,11-12H2,1-2H3,(H,18,20). The zero-order valence-corrected chi connectivity index (χ0v) is 14.4. The Morgan fingerprint density at radius 1 is 1.12 bits per heavy atom. The van der Waals surface area contributed by atoms with Crippen LogP contribution in [0.25, 0.3) is 0 Å². The van der Waals surface area contributed by atoms with Crippen LogP contribution in [-0.4, -0.2) is 34.2 Å². The summed E-state index contributed by atoms with van der Waals surface area (Å²) in [5.41, 5.74) is 1.14. The molecule has 0 fully saturated rings. The Balaban J connectivity index is 2.08. The van der Waals surface area contributed by atoms with Gasteiger partial charge in [-0.15, -0.1) is 0 Å². The van der Waals surface area contributed by atoms with Crippen molar-refractivity contribution in [2.75, 3.05) is 29.5 Å². The van der Waals surface area contributed by atoms with Crippen LogP contribution >= 0.6 is 0 Å². The van der Waals surface area contributed by atoms with E-state index < -0.39 is 10.0 Å². The van der Waals surface area contributed by atoms with Crippen LogP contribution < -0.4 is 14.4 Å². The van der Waals surface area contributed by atoms with E-state index in [1.54, 1.807) is 36.4 Å². The summed E-state index contributed by atoms with van der Waals surface area (Å²) in [6.45, 7) is 0.0463. The predicted molar refractivity (Wildman–Crippen MR) is 94.9 cm³/mol. The fourth-order valence-electron chi connectivity index (χ4n) is 2.20. The molecular weight excluding hydrogens is 328 g/mol. The average molecular weight is 348 g/mol. The van der Waals surface area contributed by atoms with Crippen LogP contribution in [0.1, 0.15) is 6.42 Å². The molecule has 0 aromatic heterocycles. The lowest BCUT2D eigenvalue weighted by molar-refractivity contribution is -0.116. The number of ether oxygens (including phenoxy) is 1. The molecule has 1 amide bonds. The van der Waals surface area contributed by atoms with Gasteiger partial charge in [0, 0.05) is 24.7 Å². The molecule has 7 heteroatoms. The van der Waals surface area contributed by atoms with Gasteiger partial charge in [-0.2, -0.15) is 0 Å². The van der Waals surface area contributed by atoms with Crippen molar-refractivity contribution >= 4 is 27.3 Å². The average Bonchev–Trinajstić information content (AvgIpc) is 2.55. The van der Waals surface area contributed by atoms with Gasteiger partial charge >= 0.3 is 0 Å². The minimum Gasteiger partial charge on any atom is -0.497 e. The van der Waals surface area contributed by atoms with Crippen LogP contribution in [0.3, 0.4) is 0 Å². The molecule has 0 spiro atoms. The van der Waals surface area contributed by atoms with E-state index in [0.717, 1.165) is 6.26 Å². The topological polar surface area (TPSA) is 75.7 Å². The largest absolute Gasteiger partial charge is 0.497 e. The maximum atomic E-state index is 12.1. The lowest BCUT2D eigenvalue weighted by Gasteiger charge is -2.22. The van der Waals surface area contributed by atoms with E-state index in [4.69, 9.17) is 4.74 Å². The fourth-order valence-corrected chi connectivity index (χ4v) is 3.12. The van der Waals surface area contributed by atoms with E-state index in [0.29, 0.717) is 17.1 Å². The van der Waals surface area contributed by atoms with Crippen LogP contribution in [0.15, 0.2) is 54.6 Å². The van der Waals surface area contributed by atoms with Gasteiger partial charge in [-0.3, -0.25) is 9.10 Å². The Morgan fingerprint density at radius 2 is 1.83 bits per heavy atom. The van der Waals surface area contributed by atoms with E-state index >= 15 is 0 Å². The molecule has 0 saturated heterocycles. The number of carbonyl (C=O) groups excluding carboxylic acids is 1. The fraction of sp³-hybridized carbons (Fsp3) is 0.235. The lowest BCUT2D eigenvalue weighted by atomic mass is 10.2. The van der Waals surface area contributed by atoms with Gasteiger partial charge < -0.3 is 10.1 Å². The monoisotopic (exact) mass is 348 g/mol. The van der Waals surface area contributed by atoms with Gasteiger partial charge in [-0.25, -0.2) is 8.42 Å². The quantitative estimate of drug-likeness (QED) is 0.834. The van der Waals surface area contributed by atoms with Gasteiger partial charge in [-0.05, 0) is 24.3 Å². The Labute approximate surface area is 142 Å². The molecule has 0 saturated carbocycles. The molecule has 0 heterocycles. The number of sulfonamides is 1. The number of amides is 1.